The fourth-order valence-electron chi connectivity index (χ4n) is 4.58. The summed E-state index contributed by atoms with van der Waals surface area (Å²) in [5.41, 5.74) is 0.921. The van der Waals surface area contributed by atoms with Crippen LogP contribution in [0.15, 0.2) is 36.5 Å². The van der Waals surface area contributed by atoms with Gasteiger partial charge >= 0.3 is 6.09 Å². The highest BCUT2D eigenvalue weighted by Gasteiger charge is 2.44. The Kier molecular flexibility index (Phi) is 6.08. The highest BCUT2D eigenvalue weighted by atomic mass is 19.1. The van der Waals surface area contributed by atoms with Crippen LogP contribution in [0.2, 0.25) is 0 Å². The summed E-state index contributed by atoms with van der Waals surface area (Å²) < 4.78 is 32.9. The molecule has 2 aromatic rings. The van der Waals surface area contributed by atoms with E-state index in [9.17, 15) is 18.7 Å². The minimum Gasteiger partial charge on any atom is -0.471 e. The van der Waals surface area contributed by atoms with Gasteiger partial charge in [0, 0.05) is 18.7 Å². The third kappa shape index (κ3) is 4.51. The van der Waals surface area contributed by atoms with E-state index in [2.05, 4.69) is 15.5 Å². The van der Waals surface area contributed by atoms with Crippen molar-refractivity contribution in [2.24, 2.45) is 0 Å². The molecule has 30 heavy (non-hydrogen) atoms. The lowest BCUT2D eigenvalue weighted by molar-refractivity contribution is 0.0448. The Balaban J connectivity index is 1.62. The molecule has 1 saturated heterocycles. The lowest BCUT2D eigenvalue weighted by Gasteiger charge is -2.38. The molecule has 0 spiro atoms. The molecule has 1 aliphatic carbocycles. The Hall–Kier alpha value is -2.81. The molecule has 0 radical (unpaired) electrons. The third-order valence-corrected chi connectivity index (χ3v) is 5.93. The van der Waals surface area contributed by atoms with E-state index in [1.807, 2.05) is 0 Å². The van der Waals surface area contributed by atoms with Crippen molar-refractivity contribution in [1.82, 2.24) is 20.4 Å². The summed E-state index contributed by atoms with van der Waals surface area (Å²) in [6, 6.07) is 6.77. The van der Waals surface area contributed by atoms with Crippen LogP contribution in [-0.4, -0.2) is 57.6 Å². The third-order valence-electron chi connectivity index (χ3n) is 5.93. The van der Waals surface area contributed by atoms with Gasteiger partial charge in [0.2, 0.25) is 5.88 Å². The molecule has 2 heterocycles. The first-order chi connectivity index (χ1) is 14.5. The molecule has 7 nitrogen and oxygen atoms in total. The standard InChI is InChI=1S/C21H24F2N4O3/c22-15-5-3-13(4-6-15)14-8-18(27(21(28)29)17-2-1-7-24-12-17)19(9-14)30-20-10-16(23)11-25-26-20/h3-6,10-11,14,17-19,24H,1-2,7-9,12H2,(H,28,29)/t14-,17-,18-,19-/m1/s1. The van der Waals surface area contributed by atoms with Gasteiger partial charge in [-0.15, -0.1) is 5.10 Å². The van der Waals surface area contributed by atoms with Gasteiger partial charge in [0.25, 0.3) is 0 Å². The Morgan fingerprint density at radius 3 is 2.67 bits per heavy atom. The summed E-state index contributed by atoms with van der Waals surface area (Å²) >= 11 is 0. The van der Waals surface area contributed by atoms with Crippen LogP contribution >= 0.6 is 0 Å². The topological polar surface area (TPSA) is 87.6 Å². The average molecular weight is 418 g/mol. The number of hydrogen-bond acceptors (Lipinski definition) is 5. The van der Waals surface area contributed by atoms with Gasteiger partial charge in [-0.05, 0) is 55.8 Å². The fourth-order valence-corrected chi connectivity index (χ4v) is 4.58. The number of hydrogen-bond donors (Lipinski definition) is 2. The lowest BCUT2D eigenvalue weighted by Crippen LogP contribution is -2.55. The minimum absolute atomic E-state index is 0.0134. The van der Waals surface area contributed by atoms with Gasteiger partial charge in [-0.2, -0.15) is 5.10 Å². The van der Waals surface area contributed by atoms with Crippen molar-refractivity contribution in [2.45, 2.75) is 49.8 Å². The van der Waals surface area contributed by atoms with Crippen molar-refractivity contribution < 1.29 is 23.4 Å². The Bertz CT molecular complexity index is 877. The molecule has 2 N–H and O–H groups in total. The van der Waals surface area contributed by atoms with Crippen LogP contribution < -0.4 is 10.1 Å². The Morgan fingerprint density at radius 1 is 1.20 bits per heavy atom. The predicted molar refractivity (Wildman–Crippen MR) is 104 cm³/mol. The average Bonchev–Trinajstić information content (AvgIpc) is 3.12. The monoisotopic (exact) mass is 418 g/mol. The normalized spacial score (nSPS) is 26.3. The highest BCUT2D eigenvalue weighted by molar-refractivity contribution is 5.66. The van der Waals surface area contributed by atoms with Crippen LogP contribution in [0.25, 0.3) is 0 Å². The number of benzene rings is 1. The quantitative estimate of drug-likeness (QED) is 0.776. The second-order valence-corrected chi connectivity index (χ2v) is 7.85. The smallest absolute Gasteiger partial charge is 0.407 e. The zero-order valence-corrected chi connectivity index (χ0v) is 16.4. The molecule has 1 aliphatic heterocycles. The number of nitrogens with one attached hydrogen (secondary N) is 1. The maximum atomic E-state index is 13.6. The summed E-state index contributed by atoms with van der Waals surface area (Å²) in [7, 11) is 0. The number of nitrogens with zero attached hydrogens (tertiary/aromatic N) is 3. The number of carboxylic acid groups (broad SMARTS) is 1. The van der Waals surface area contributed by atoms with Crippen molar-refractivity contribution >= 4 is 6.09 Å². The van der Waals surface area contributed by atoms with Gasteiger partial charge in [-0.1, -0.05) is 12.1 Å². The zero-order chi connectivity index (χ0) is 21.1. The molecule has 2 aliphatic rings. The van der Waals surface area contributed by atoms with Gasteiger partial charge < -0.3 is 15.2 Å². The van der Waals surface area contributed by atoms with Crippen LogP contribution in [0.5, 0.6) is 5.88 Å². The number of carbonyl (C=O) groups is 1. The molecule has 0 bridgehead atoms. The molecular formula is C21H24F2N4O3. The van der Waals surface area contributed by atoms with Gasteiger partial charge in [-0.25, -0.2) is 13.6 Å². The minimum atomic E-state index is -1.01. The van der Waals surface area contributed by atoms with Gasteiger partial charge in [0.05, 0.1) is 12.2 Å². The van der Waals surface area contributed by atoms with E-state index in [0.29, 0.717) is 19.4 Å². The zero-order valence-electron chi connectivity index (χ0n) is 16.4. The molecule has 1 aromatic carbocycles. The van der Waals surface area contributed by atoms with Crippen LogP contribution in [0.4, 0.5) is 13.6 Å². The number of amides is 1. The molecule has 4 rings (SSSR count). The highest BCUT2D eigenvalue weighted by Crippen LogP contribution is 2.40. The number of rotatable bonds is 5. The molecule has 1 amide bonds. The molecule has 2 fully saturated rings. The van der Waals surface area contributed by atoms with E-state index >= 15 is 0 Å². The van der Waals surface area contributed by atoms with Crippen LogP contribution in [-0.2, 0) is 0 Å². The van der Waals surface area contributed by atoms with Crippen molar-refractivity contribution in [3.63, 3.8) is 0 Å². The van der Waals surface area contributed by atoms with E-state index < -0.39 is 24.1 Å². The predicted octanol–water partition coefficient (Wildman–Crippen LogP) is 3.18. The van der Waals surface area contributed by atoms with Crippen molar-refractivity contribution in [2.75, 3.05) is 13.1 Å². The number of piperidine rings is 1. The lowest BCUT2D eigenvalue weighted by atomic mass is 9.97. The fraction of sp³-hybridized carbons (Fsp3) is 0.476. The number of halogens is 2. The first-order valence-corrected chi connectivity index (χ1v) is 10.1. The Morgan fingerprint density at radius 2 is 2.00 bits per heavy atom. The Labute approximate surface area is 173 Å². The van der Waals surface area contributed by atoms with Crippen LogP contribution in [0.3, 0.4) is 0 Å². The summed E-state index contributed by atoms with van der Waals surface area (Å²) in [5.74, 6) is -0.884. The summed E-state index contributed by atoms with van der Waals surface area (Å²) in [6.07, 6.45) is 2.16. The number of ether oxygens (including phenoxy) is 1. The molecule has 1 aromatic heterocycles. The van der Waals surface area contributed by atoms with E-state index in [1.54, 1.807) is 12.1 Å². The number of aromatic nitrogens is 2. The van der Waals surface area contributed by atoms with Crippen LogP contribution in [0, 0.1) is 11.6 Å². The first kappa shape index (κ1) is 20.5. The van der Waals surface area contributed by atoms with Crippen molar-refractivity contribution in [1.29, 1.82) is 0 Å². The molecule has 0 unspecified atom stereocenters. The summed E-state index contributed by atoms with van der Waals surface area (Å²) in [5, 5.41) is 20.7. The van der Waals surface area contributed by atoms with E-state index in [4.69, 9.17) is 4.74 Å². The summed E-state index contributed by atoms with van der Waals surface area (Å²) in [6.45, 7) is 1.45. The SMILES string of the molecule is O=C(O)N([C@@H]1CCCNC1)[C@@H]1C[C@@H](c2ccc(F)cc2)C[C@H]1Oc1cc(F)cnn1. The van der Waals surface area contributed by atoms with Gasteiger partial charge in [0.1, 0.15) is 17.7 Å². The van der Waals surface area contributed by atoms with E-state index in [1.165, 1.54) is 17.0 Å². The van der Waals surface area contributed by atoms with E-state index in [-0.39, 0.29) is 23.7 Å². The van der Waals surface area contributed by atoms with Gasteiger partial charge in [0.15, 0.2) is 0 Å². The molecule has 160 valence electrons. The van der Waals surface area contributed by atoms with Crippen molar-refractivity contribution in [3.8, 4) is 5.88 Å². The second-order valence-electron chi connectivity index (χ2n) is 7.85. The molecule has 4 atom stereocenters. The molecule has 9 heteroatoms. The largest absolute Gasteiger partial charge is 0.471 e. The summed E-state index contributed by atoms with van der Waals surface area (Å²) in [4.78, 5) is 13.7. The maximum Gasteiger partial charge on any atom is 0.407 e. The van der Waals surface area contributed by atoms with Crippen LogP contribution in [0.1, 0.15) is 37.2 Å². The molecular weight excluding hydrogens is 394 g/mol. The first-order valence-electron chi connectivity index (χ1n) is 10.1. The van der Waals surface area contributed by atoms with Crippen molar-refractivity contribution in [3.05, 3.63) is 53.7 Å². The second kappa shape index (κ2) is 8.91. The van der Waals surface area contributed by atoms with Gasteiger partial charge in [-0.3, -0.25) is 4.90 Å². The maximum absolute atomic E-state index is 13.6. The van der Waals surface area contributed by atoms with E-state index in [0.717, 1.165) is 37.2 Å². The molecule has 1 saturated carbocycles.